The van der Waals surface area contributed by atoms with Gasteiger partial charge in [0, 0.05) is 11.3 Å². The molecule has 4 rings (SSSR count). The van der Waals surface area contributed by atoms with Gasteiger partial charge in [-0.3, -0.25) is 4.79 Å². The molecule has 0 aliphatic heterocycles. The highest BCUT2D eigenvalue weighted by atomic mass is 16.1. The normalized spacial score (nSPS) is 47.0. The van der Waals surface area contributed by atoms with Crippen LogP contribution in [0.1, 0.15) is 72.1 Å². The average molecular weight is 298 g/mol. The molecule has 1 nitrogen and oxygen atoms in total. The second-order valence-electron chi connectivity index (χ2n) is 8.83. The molecule has 5 atom stereocenters. The van der Waals surface area contributed by atoms with Gasteiger partial charge in [0.2, 0.25) is 0 Å². The van der Waals surface area contributed by atoms with Gasteiger partial charge in [-0.15, -0.1) is 0 Å². The van der Waals surface area contributed by atoms with E-state index in [1.54, 1.807) is 11.1 Å². The summed E-state index contributed by atoms with van der Waals surface area (Å²) in [6.07, 6.45) is 15.4. The summed E-state index contributed by atoms with van der Waals surface area (Å²) in [4.78, 5) is 12.1. The molecule has 0 amide bonds. The molecule has 2 fully saturated rings. The quantitative estimate of drug-likeness (QED) is 0.587. The van der Waals surface area contributed by atoms with Gasteiger partial charge in [0.05, 0.1) is 0 Å². The lowest BCUT2D eigenvalue weighted by molar-refractivity contribution is -0.124. The van der Waals surface area contributed by atoms with Gasteiger partial charge in [-0.2, -0.15) is 0 Å². The number of hydrogen-bond donors (Lipinski definition) is 0. The molecular formula is C21H30O. The molecule has 0 unspecified atom stereocenters. The molecule has 1 heteroatoms. The van der Waals surface area contributed by atoms with E-state index in [2.05, 4.69) is 26.0 Å². The lowest BCUT2D eigenvalue weighted by atomic mass is 9.52. The van der Waals surface area contributed by atoms with Crippen LogP contribution in [-0.4, -0.2) is 5.78 Å². The largest absolute Gasteiger partial charge is 0.300 e. The first-order valence-corrected chi connectivity index (χ1v) is 9.37. The van der Waals surface area contributed by atoms with Crippen LogP contribution in [0.5, 0.6) is 0 Å². The van der Waals surface area contributed by atoms with E-state index in [1.165, 1.54) is 38.5 Å². The summed E-state index contributed by atoms with van der Waals surface area (Å²) in [5, 5.41) is 0. The van der Waals surface area contributed by atoms with E-state index in [0.29, 0.717) is 17.1 Å². The first-order chi connectivity index (χ1) is 10.5. The molecule has 2 saturated carbocycles. The third kappa shape index (κ3) is 1.80. The maximum absolute atomic E-state index is 12.1. The van der Waals surface area contributed by atoms with Crippen molar-refractivity contribution in [3.05, 3.63) is 23.3 Å². The molecule has 0 saturated heterocycles. The Labute approximate surface area is 135 Å². The van der Waals surface area contributed by atoms with Crippen LogP contribution in [0.25, 0.3) is 0 Å². The number of Topliss-reactive ketones (excluding diaryl/α,β-unsaturated/α-hetero) is 1. The zero-order valence-electron chi connectivity index (χ0n) is 14.5. The molecule has 4 aliphatic carbocycles. The summed E-state index contributed by atoms with van der Waals surface area (Å²) in [6, 6.07) is 0. The average Bonchev–Trinajstić information content (AvgIpc) is 2.84. The van der Waals surface area contributed by atoms with E-state index in [-0.39, 0.29) is 5.41 Å². The number of rotatable bonds is 1. The lowest BCUT2D eigenvalue weighted by Gasteiger charge is -2.52. The van der Waals surface area contributed by atoms with E-state index in [4.69, 9.17) is 0 Å². The minimum Gasteiger partial charge on any atom is -0.300 e. The summed E-state index contributed by atoms with van der Waals surface area (Å²) in [5.74, 6) is 2.19. The number of ketones is 1. The van der Waals surface area contributed by atoms with Crippen molar-refractivity contribution < 1.29 is 4.79 Å². The molecule has 0 N–H and O–H groups in total. The van der Waals surface area contributed by atoms with Crippen molar-refractivity contribution in [2.24, 2.45) is 28.6 Å². The molecule has 0 aromatic carbocycles. The lowest BCUT2D eigenvalue weighted by Crippen LogP contribution is -2.44. The number of carbonyl (C=O) groups excluding carboxylic acids is 1. The minimum absolute atomic E-state index is 0.233. The summed E-state index contributed by atoms with van der Waals surface area (Å²) in [5.41, 5.74) is 4.08. The topological polar surface area (TPSA) is 17.1 Å². The van der Waals surface area contributed by atoms with Crippen LogP contribution < -0.4 is 0 Å². The molecule has 0 aromatic heterocycles. The second kappa shape index (κ2) is 4.82. The Bertz CT molecular complexity index is 568. The third-order valence-corrected chi connectivity index (χ3v) is 7.88. The van der Waals surface area contributed by atoms with Crippen LogP contribution in [0, 0.1) is 28.6 Å². The molecule has 0 heterocycles. The Morgan fingerprint density at radius 3 is 2.77 bits per heavy atom. The Morgan fingerprint density at radius 1 is 1.18 bits per heavy atom. The van der Waals surface area contributed by atoms with E-state index in [1.807, 2.05) is 6.92 Å². The van der Waals surface area contributed by atoms with Crippen LogP contribution in [0.2, 0.25) is 0 Å². The molecule has 120 valence electrons. The summed E-state index contributed by atoms with van der Waals surface area (Å²) >= 11 is 0. The maximum atomic E-state index is 12.1. The second-order valence-corrected chi connectivity index (χ2v) is 8.83. The van der Waals surface area contributed by atoms with Crippen molar-refractivity contribution >= 4 is 5.78 Å². The van der Waals surface area contributed by atoms with Crippen LogP contribution in [0.15, 0.2) is 23.3 Å². The highest BCUT2D eigenvalue weighted by Gasteiger charge is 2.56. The number of allylic oxidation sites excluding steroid dienone is 4. The molecule has 0 aromatic rings. The maximum Gasteiger partial charge on any atom is 0.133 e. The molecular weight excluding hydrogens is 268 g/mol. The Morgan fingerprint density at radius 2 is 2.00 bits per heavy atom. The van der Waals surface area contributed by atoms with Gasteiger partial charge in [-0.25, -0.2) is 0 Å². The van der Waals surface area contributed by atoms with Gasteiger partial charge in [0.25, 0.3) is 0 Å². The van der Waals surface area contributed by atoms with Gasteiger partial charge in [0.15, 0.2) is 0 Å². The van der Waals surface area contributed by atoms with Crippen molar-refractivity contribution in [1.82, 2.24) is 0 Å². The van der Waals surface area contributed by atoms with E-state index >= 15 is 0 Å². The SMILES string of the molecule is CC(=O)[C@H]1CC[C@H]2[C@@H]3CC=C4CCCC[C@]4(C)C3=CC[C@]12C. The number of hydrogen-bond acceptors (Lipinski definition) is 1. The van der Waals surface area contributed by atoms with Crippen molar-refractivity contribution in [2.75, 3.05) is 0 Å². The van der Waals surface area contributed by atoms with Crippen molar-refractivity contribution in [3.8, 4) is 0 Å². The predicted molar refractivity (Wildman–Crippen MR) is 90.5 cm³/mol. The minimum atomic E-state index is 0.233. The fourth-order valence-electron chi connectivity index (χ4n) is 6.67. The van der Waals surface area contributed by atoms with Gasteiger partial charge in [-0.05, 0) is 69.1 Å². The highest BCUT2D eigenvalue weighted by Crippen LogP contribution is 2.64. The first-order valence-electron chi connectivity index (χ1n) is 9.37. The Kier molecular flexibility index (Phi) is 3.23. The van der Waals surface area contributed by atoms with Crippen molar-refractivity contribution in [2.45, 2.75) is 72.1 Å². The summed E-state index contributed by atoms with van der Waals surface area (Å²) in [7, 11) is 0. The fourth-order valence-corrected chi connectivity index (χ4v) is 6.67. The first kappa shape index (κ1) is 14.7. The Balaban J connectivity index is 1.74. The third-order valence-electron chi connectivity index (χ3n) is 7.88. The summed E-state index contributed by atoms with van der Waals surface area (Å²) in [6.45, 7) is 6.74. The molecule has 0 radical (unpaired) electrons. The number of carbonyl (C=O) groups is 1. The predicted octanol–water partition coefficient (Wildman–Crippen LogP) is 5.46. The zero-order valence-corrected chi connectivity index (χ0v) is 14.5. The molecule has 4 aliphatic rings. The smallest absolute Gasteiger partial charge is 0.133 e. The Hall–Kier alpha value is -0.850. The molecule has 22 heavy (non-hydrogen) atoms. The zero-order chi connectivity index (χ0) is 15.5. The molecule has 0 spiro atoms. The van der Waals surface area contributed by atoms with Crippen molar-refractivity contribution in [1.29, 1.82) is 0 Å². The number of fused-ring (bicyclic) bond motifs is 5. The standard InChI is InChI=1S/C21H30O/c1-14(22)17-9-10-18-16-8-7-15-6-4-5-12-20(15,2)19(16)11-13-21(17,18)3/h7,11,16-18H,4-6,8-10,12-13H2,1-3H3/t16-,17+,18-,20-,21+/m0/s1. The highest BCUT2D eigenvalue weighted by molar-refractivity contribution is 5.79. The van der Waals surface area contributed by atoms with E-state index in [9.17, 15) is 4.79 Å². The van der Waals surface area contributed by atoms with Gasteiger partial charge in [-0.1, -0.05) is 43.6 Å². The van der Waals surface area contributed by atoms with Crippen LogP contribution in [-0.2, 0) is 4.79 Å². The van der Waals surface area contributed by atoms with E-state index in [0.717, 1.165) is 24.7 Å². The van der Waals surface area contributed by atoms with Gasteiger partial charge < -0.3 is 0 Å². The van der Waals surface area contributed by atoms with Crippen LogP contribution in [0.3, 0.4) is 0 Å². The van der Waals surface area contributed by atoms with Gasteiger partial charge >= 0.3 is 0 Å². The van der Waals surface area contributed by atoms with Crippen LogP contribution in [0.4, 0.5) is 0 Å². The molecule has 0 bridgehead atoms. The van der Waals surface area contributed by atoms with E-state index < -0.39 is 0 Å². The summed E-state index contributed by atoms with van der Waals surface area (Å²) < 4.78 is 0. The van der Waals surface area contributed by atoms with Crippen molar-refractivity contribution in [3.63, 3.8) is 0 Å². The van der Waals surface area contributed by atoms with Crippen LogP contribution >= 0.6 is 0 Å². The monoisotopic (exact) mass is 298 g/mol. The van der Waals surface area contributed by atoms with Gasteiger partial charge in [0.1, 0.15) is 5.78 Å². The fraction of sp³-hybridized carbons (Fsp3) is 0.762.